The Balaban J connectivity index is 1.85. The van der Waals surface area contributed by atoms with Gasteiger partial charge in [-0.25, -0.2) is 0 Å². The lowest BCUT2D eigenvalue weighted by Crippen LogP contribution is -2.21. The zero-order valence-electron chi connectivity index (χ0n) is 8.52. The molecule has 0 spiro atoms. The Morgan fingerprint density at radius 3 is 2.58 bits per heavy atom. The molecule has 1 aliphatic rings. The van der Waals surface area contributed by atoms with E-state index < -0.39 is 0 Å². The summed E-state index contributed by atoms with van der Waals surface area (Å²) in [4.78, 5) is 0. The van der Waals surface area contributed by atoms with E-state index in [0.717, 1.165) is 6.04 Å². The van der Waals surface area contributed by atoms with Gasteiger partial charge < -0.3 is 5.32 Å². The Bertz CT molecular complexity index is 134. The molecule has 0 bridgehead atoms. The number of hydrogen-bond donors (Lipinski definition) is 1. The summed E-state index contributed by atoms with van der Waals surface area (Å²) in [5.41, 5.74) is 0.597. The van der Waals surface area contributed by atoms with Gasteiger partial charge in [-0.3, -0.25) is 0 Å². The largest absolute Gasteiger partial charge is 0.313 e. The Morgan fingerprint density at radius 2 is 2.08 bits per heavy atom. The molecule has 1 nitrogen and oxygen atoms in total. The zero-order chi connectivity index (χ0) is 9.03. The third-order valence-electron chi connectivity index (χ3n) is 2.68. The molecular weight excluding hydrogens is 166 g/mol. The fraction of sp³-hybridized carbons (Fsp3) is 1.00. The number of unbranched alkanes of at least 4 members (excludes halogenated alkanes) is 1. The molecule has 1 rings (SSSR count). The van der Waals surface area contributed by atoms with Gasteiger partial charge in [0.1, 0.15) is 0 Å². The predicted molar refractivity (Wildman–Crippen MR) is 57.8 cm³/mol. The standard InChI is InChI=1S/C10H21NS/c1-10(2)8-9(10)11-6-4-5-7-12-3/h9,11H,4-8H2,1-3H3. The SMILES string of the molecule is CSCCCCNC1CC1(C)C. The summed E-state index contributed by atoms with van der Waals surface area (Å²) in [5.74, 6) is 1.32. The summed E-state index contributed by atoms with van der Waals surface area (Å²) in [5, 5.41) is 3.60. The quantitative estimate of drug-likeness (QED) is 0.641. The van der Waals surface area contributed by atoms with E-state index in [0.29, 0.717) is 5.41 Å². The lowest BCUT2D eigenvalue weighted by Gasteiger charge is -2.05. The molecule has 0 saturated heterocycles. The summed E-state index contributed by atoms with van der Waals surface area (Å²) in [7, 11) is 0. The molecule has 0 aliphatic heterocycles. The third kappa shape index (κ3) is 3.36. The molecule has 12 heavy (non-hydrogen) atoms. The van der Waals surface area contributed by atoms with Crippen LogP contribution in [0.4, 0.5) is 0 Å². The molecule has 0 heterocycles. The van der Waals surface area contributed by atoms with E-state index >= 15 is 0 Å². The second-order valence-electron chi connectivity index (χ2n) is 4.40. The normalized spacial score (nSPS) is 25.8. The summed E-state index contributed by atoms with van der Waals surface area (Å²) in [6.07, 6.45) is 6.25. The van der Waals surface area contributed by atoms with Gasteiger partial charge >= 0.3 is 0 Å². The van der Waals surface area contributed by atoms with E-state index in [-0.39, 0.29) is 0 Å². The molecule has 0 aromatic rings. The number of nitrogens with one attached hydrogen (secondary N) is 1. The van der Waals surface area contributed by atoms with Gasteiger partial charge in [-0.05, 0) is 43.2 Å². The Hall–Kier alpha value is 0.310. The molecule has 1 aliphatic carbocycles. The minimum Gasteiger partial charge on any atom is -0.313 e. The fourth-order valence-electron chi connectivity index (χ4n) is 1.46. The lowest BCUT2D eigenvalue weighted by molar-refractivity contribution is 0.533. The maximum atomic E-state index is 3.60. The monoisotopic (exact) mass is 187 g/mol. The Labute approximate surface area is 80.7 Å². The molecule has 1 N–H and O–H groups in total. The van der Waals surface area contributed by atoms with Crippen LogP contribution >= 0.6 is 11.8 Å². The Morgan fingerprint density at radius 1 is 1.42 bits per heavy atom. The molecule has 0 amide bonds. The molecule has 0 aromatic carbocycles. The second kappa shape index (κ2) is 4.52. The van der Waals surface area contributed by atoms with Crippen LogP contribution in [0.15, 0.2) is 0 Å². The maximum Gasteiger partial charge on any atom is 0.0124 e. The summed E-state index contributed by atoms with van der Waals surface area (Å²) < 4.78 is 0. The van der Waals surface area contributed by atoms with Crippen molar-refractivity contribution in [3.8, 4) is 0 Å². The van der Waals surface area contributed by atoms with E-state index in [1.54, 1.807) is 0 Å². The summed E-state index contributed by atoms with van der Waals surface area (Å²) in [6, 6.07) is 0.812. The number of hydrogen-bond acceptors (Lipinski definition) is 2. The van der Waals surface area contributed by atoms with Gasteiger partial charge in [0.2, 0.25) is 0 Å². The molecule has 0 radical (unpaired) electrons. The van der Waals surface area contributed by atoms with E-state index in [1.807, 2.05) is 11.8 Å². The Kier molecular flexibility index (Phi) is 3.91. The van der Waals surface area contributed by atoms with Gasteiger partial charge in [0.05, 0.1) is 0 Å². The van der Waals surface area contributed by atoms with Gasteiger partial charge in [-0.15, -0.1) is 0 Å². The predicted octanol–water partition coefficient (Wildman–Crippen LogP) is 2.52. The van der Waals surface area contributed by atoms with Crippen molar-refractivity contribution in [2.24, 2.45) is 5.41 Å². The van der Waals surface area contributed by atoms with Crippen molar-refractivity contribution >= 4 is 11.8 Å². The average molecular weight is 187 g/mol. The first-order chi connectivity index (χ1) is 5.67. The maximum absolute atomic E-state index is 3.60. The highest BCUT2D eigenvalue weighted by Crippen LogP contribution is 2.44. The highest BCUT2D eigenvalue weighted by atomic mass is 32.2. The van der Waals surface area contributed by atoms with Crippen LogP contribution in [0.1, 0.15) is 33.1 Å². The van der Waals surface area contributed by atoms with E-state index in [1.165, 1.54) is 31.6 Å². The molecule has 1 saturated carbocycles. The molecule has 2 heteroatoms. The minimum absolute atomic E-state index is 0.597. The highest BCUT2D eigenvalue weighted by molar-refractivity contribution is 7.98. The summed E-state index contributed by atoms with van der Waals surface area (Å²) in [6.45, 7) is 5.90. The zero-order valence-corrected chi connectivity index (χ0v) is 9.34. The topological polar surface area (TPSA) is 12.0 Å². The first-order valence-corrected chi connectivity index (χ1v) is 6.28. The van der Waals surface area contributed by atoms with Crippen LogP contribution in [0.25, 0.3) is 0 Å². The van der Waals surface area contributed by atoms with Crippen molar-refractivity contribution in [2.45, 2.75) is 39.2 Å². The van der Waals surface area contributed by atoms with Crippen LogP contribution in [0.3, 0.4) is 0 Å². The average Bonchev–Trinajstić information content (AvgIpc) is 2.59. The molecule has 0 aromatic heterocycles. The van der Waals surface area contributed by atoms with Crippen LogP contribution in [-0.4, -0.2) is 24.6 Å². The fourth-order valence-corrected chi connectivity index (χ4v) is 1.96. The molecule has 1 atom stereocenters. The van der Waals surface area contributed by atoms with Crippen molar-refractivity contribution in [1.82, 2.24) is 5.32 Å². The van der Waals surface area contributed by atoms with Crippen molar-refractivity contribution < 1.29 is 0 Å². The molecular formula is C10H21NS. The second-order valence-corrected chi connectivity index (χ2v) is 5.38. The van der Waals surface area contributed by atoms with Gasteiger partial charge in [-0.1, -0.05) is 13.8 Å². The first-order valence-electron chi connectivity index (χ1n) is 4.89. The number of thioether (sulfide) groups is 1. The van der Waals surface area contributed by atoms with Crippen molar-refractivity contribution in [3.63, 3.8) is 0 Å². The van der Waals surface area contributed by atoms with Gasteiger partial charge in [0.25, 0.3) is 0 Å². The van der Waals surface area contributed by atoms with Crippen molar-refractivity contribution in [3.05, 3.63) is 0 Å². The van der Waals surface area contributed by atoms with Crippen molar-refractivity contribution in [1.29, 1.82) is 0 Å². The number of rotatable bonds is 6. The highest BCUT2D eigenvalue weighted by Gasteiger charge is 2.44. The van der Waals surface area contributed by atoms with Gasteiger partial charge in [0, 0.05) is 6.04 Å². The van der Waals surface area contributed by atoms with E-state index in [9.17, 15) is 0 Å². The van der Waals surface area contributed by atoms with Crippen LogP contribution in [0.5, 0.6) is 0 Å². The van der Waals surface area contributed by atoms with Crippen LogP contribution < -0.4 is 5.32 Å². The first kappa shape index (κ1) is 10.4. The van der Waals surface area contributed by atoms with Crippen LogP contribution in [-0.2, 0) is 0 Å². The third-order valence-corrected chi connectivity index (χ3v) is 3.38. The van der Waals surface area contributed by atoms with Crippen LogP contribution in [0.2, 0.25) is 0 Å². The van der Waals surface area contributed by atoms with Crippen molar-refractivity contribution in [2.75, 3.05) is 18.6 Å². The molecule has 1 unspecified atom stereocenters. The van der Waals surface area contributed by atoms with E-state index in [2.05, 4.69) is 25.4 Å². The van der Waals surface area contributed by atoms with Crippen LogP contribution in [0, 0.1) is 5.41 Å². The minimum atomic E-state index is 0.597. The summed E-state index contributed by atoms with van der Waals surface area (Å²) >= 11 is 1.95. The lowest BCUT2D eigenvalue weighted by atomic mass is 10.2. The van der Waals surface area contributed by atoms with Gasteiger partial charge in [0.15, 0.2) is 0 Å². The molecule has 1 fully saturated rings. The smallest absolute Gasteiger partial charge is 0.0124 e. The molecule has 72 valence electrons. The van der Waals surface area contributed by atoms with E-state index in [4.69, 9.17) is 0 Å². The van der Waals surface area contributed by atoms with Gasteiger partial charge in [-0.2, -0.15) is 11.8 Å².